The molecule has 2 aromatic heterocycles. The minimum atomic E-state index is -4.81. The van der Waals surface area contributed by atoms with E-state index in [1.165, 1.54) is 40.0 Å². The van der Waals surface area contributed by atoms with E-state index in [0.717, 1.165) is 23.3 Å². The third kappa shape index (κ3) is 5.64. The minimum absolute atomic E-state index is 0.258. The van der Waals surface area contributed by atoms with Crippen molar-refractivity contribution in [3.05, 3.63) is 75.1 Å². The monoisotopic (exact) mass is 528 g/mol. The van der Waals surface area contributed by atoms with Crippen molar-refractivity contribution in [1.82, 2.24) is 9.38 Å². The van der Waals surface area contributed by atoms with Gasteiger partial charge in [-0.3, -0.25) is 9.20 Å². The highest BCUT2D eigenvalue weighted by Gasteiger charge is 2.31. The van der Waals surface area contributed by atoms with Crippen LogP contribution in [0.3, 0.4) is 0 Å². The fourth-order valence-electron chi connectivity index (χ4n) is 3.92. The standard InChI is InChI=1S/C27H23F3N2O4S/c1-16-14-32-25(33)23(18-8-11-20(12-9-18)36-27(28,29)30)21(31-26(32)37-16)13-10-19-4-3-5-22(34-2)24(19)35-15-17-6-7-17/h3-5,8-14,17H,6-7,15H2,1-2H3. The molecule has 1 aliphatic rings. The van der Waals surface area contributed by atoms with E-state index in [-0.39, 0.29) is 16.9 Å². The highest BCUT2D eigenvalue weighted by Crippen LogP contribution is 2.36. The van der Waals surface area contributed by atoms with Gasteiger partial charge in [0.05, 0.1) is 25.0 Å². The summed E-state index contributed by atoms with van der Waals surface area (Å²) < 4.78 is 54.8. The molecule has 192 valence electrons. The van der Waals surface area contributed by atoms with Gasteiger partial charge in [-0.25, -0.2) is 4.98 Å². The van der Waals surface area contributed by atoms with Crippen molar-refractivity contribution in [1.29, 1.82) is 0 Å². The number of ether oxygens (including phenoxy) is 3. The molecule has 2 heterocycles. The average molecular weight is 529 g/mol. The van der Waals surface area contributed by atoms with Crippen LogP contribution in [0.5, 0.6) is 17.2 Å². The molecule has 1 aliphatic carbocycles. The zero-order chi connectivity index (χ0) is 26.2. The second-order valence-electron chi connectivity index (χ2n) is 8.71. The summed E-state index contributed by atoms with van der Waals surface area (Å²) in [6, 6.07) is 10.7. The summed E-state index contributed by atoms with van der Waals surface area (Å²) in [5.74, 6) is 1.38. The van der Waals surface area contributed by atoms with Crippen LogP contribution in [0.15, 0.2) is 53.5 Å². The number of thiazole rings is 1. The maximum absolute atomic E-state index is 13.5. The molecule has 0 unspecified atom stereocenters. The highest BCUT2D eigenvalue weighted by molar-refractivity contribution is 7.16. The molecule has 5 rings (SSSR count). The molecular weight excluding hydrogens is 505 g/mol. The molecule has 0 spiro atoms. The van der Waals surface area contributed by atoms with Crippen LogP contribution in [0.2, 0.25) is 0 Å². The predicted octanol–water partition coefficient (Wildman–Crippen LogP) is 6.60. The first kappa shape index (κ1) is 24.9. The summed E-state index contributed by atoms with van der Waals surface area (Å²) in [7, 11) is 1.58. The topological polar surface area (TPSA) is 62.1 Å². The van der Waals surface area contributed by atoms with Crippen molar-refractivity contribution in [2.24, 2.45) is 5.92 Å². The third-order valence-electron chi connectivity index (χ3n) is 5.86. The van der Waals surface area contributed by atoms with Crippen LogP contribution in [0.25, 0.3) is 28.2 Å². The first-order valence-corrected chi connectivity index (χ1v) is 12.4. The smallest absolute Gasteiger partial charge is 0.493 e. The number of hydrogen-bond donors (Lipinski definition) is 0. The van der Waals surface area contributed by atoms with E-state index in [1.807, 2.05) is 25.1 Å². The number of halogens is 3. The minimum Gasteiger partial charge on any atom is -0.493 e. The summed E-state index contributed by atoms with van der Waals surface area (Å²) in [4.78, 5) is 19.6. The van der Waals surface area contributed by atoms with Gasteiger partial charge in [0, 0.05) is 16.6 Å². The van der Waals surface area contributed by atoms with Gasteiger partial charge < -0.3 is 14.2 Å². The average Bonchev–Trinajstić information content (AvgIpc) is 3.60. The van der Waals surface area contributed by atoms with E-state index in [1.54, 1.807) is 25.5 Å². The summed E-state index contributed by atoms with van der Waals surface area (Å²) >= 11 is 1.37. The number of para-hydroxylation sites is 1. The van der Waals surface area contributed by atoms with Crippen molar-refractivity contribution < 1.29 is 27.4 Å². The molecule has 1 fully saturated rings. The molecule has 4 aromatic rings. The van der Waals surface area contributed by atoms with Crippen molar-refractivity contribution in [3.8, 4) is 28.4 Å². The lowest BCUT2D eigenvalue weighted by atomic mass is 10.0. The highest BCUT2D eigenvalue weighted by atomic mass is 32.1. The molecule has 6 nitrogen and oxygen atoms in total. The van der Waals surface area contributed by atoms with Crippen LogP contribution in [-0.2, 0) is 0 Å². The zero-order valence-electron chi connectivity index (χ0n) is 20.0. The number of hydrogen-bond acceptors (Lipinski definition) is 6. The van der Waals surface area contributed by atoms with E-state index in [0.29, 0.717) is 40.2 Å². The number of methoxy groups -OCH3 is 1. The first-order chi connectivity index (χ1) is 17.7. The molecule has 0 bridgehead atoms. The van der Waals surface area contributed by atoms with Gasteiger partial charge in [0.1, 0.15) is 5.75 Å². The quantitative estimate of drug-likeness (QED) is 0.258. The van der Waals surface area contributed by atoms with E-state index in [9.17, 15) is 18.0 Å². The Labute approximate surface area is 214 Å². The lowest BCUT2D eigenvalue weighted by Gasteiger charge is -2.13. The second kappa shape index (κ2) is 9.93. The molecule has 0 N–H and O–H groups in total. The molecule has 0 radical (unpaired) electrons. The fourth-order valence-corrected chi connectivity index (χ4v) is 4.74. The number of nitrogens with zero attached hydrogens (tertiary/aromatic N) is 2. The van der Waals surface area contributed by atoms with Crippen molar-refractivity contribution in [3.63, 3.8) is 0 Å². The van der Waals surface area contributed by atoms with Gasteiger partial charge in [-0.05, 0) is 61.6 Å². The lowest BCUT2D eigenvalue weighted by molar-refractivity contribution is -0.274. The van der Waals surface area contributed by atoms with Crippen LogP contribution >= 0.6 is 11.3 Å². The van der Waals surface area contributed by atoms with E-state index >= 15 is 0 Å². The first-order valence-electron chi connectivity index (χ1n) is 11.6. The third-order valence-corrected chi connectivity index (χ3v) is 6.76. The molecule has 0 saturated heterocycles. The molecule has 10 heteroatoms. The maximum atomic E-state index is 13.5. The molecule has 1 saturated carbocycles. The number of aromatic nitrogens is 2. The van der Waals surface area contributed by atoms with E-state index < -0.39 is 6.36 Å². The Bertz CT molecular complexity index is 1520. The number of fused-ring (bicyclic) bond motifs is 1. The Hall–Kier alpha value is -3.79. The van der Waals surface area contributed by atoms with Gasteiger partial charge in [-0.2, -0.15) is 0 Å². The summed E-state index contributed by atoms with van der Waals surface area (Å²) in [6.07, 6.45) is 2.69. The van der Waals surface area contributed by atoms with Gasteiger partial charge in [0.2, 0.25) is 0 Å². The number of aryl methyl sites for hydroxylation is 1. The normalized spacial score (nSPS) is 13.9. The van der Waals surface area contributed by atoms with Crippen LogP contribution in [0, 0.1) is 12.8 Å². The van der Waals surface area contributed by atoms with Gasteiger partial charge in [-0.1, -0.05) is 24.3 Å². The molecule has 37 heavy (non-hydrogen) atoms. The molecule has 0 amide bonds. The van der Waals surface area contributed by atoms with Gasteiger partial charge in [0.25, 0.3) is 5.56 Å². The molecule has 0 aliphatic heterocycles. The van der Waals surface area contributed by atoms with Crippen molar-refractivity contribution in [2.45, 2.75) is 26.1 Å². The zero-order valence-corrected chi connectivity index (χ0v) is 20.9. The second-order valence-corrected chi connectivity index (χ2v) is 9.92. The van der Waals surface area contributed by atoms with Crippen LogP contribution < -0.4 is 19.8 Å². The Kier molecular flexibility index (Phi) is 6.68. The summed E-state index contributed by atoms with van der Waals surface area (Å²) in [5, 5.41) is 0. The summed E-state index contributed by atoms with van der Waals surface area (Å²) in [5.41, 5.74) is 1.49. The SMILES string of the molecule is COc1cccc(C=Cc2nc3sc(C)cn3c(=O)c2-c2ccc(OC(F)(F)F)cc2)c1OCC1CC1. The van der Waals surface area contributed by atoms with Crippen LogP contribution in [-0.4, -0.2) is 29.5 Å². The van der Waals surface area contributed by atoms with E-state index in [2.05, 4.69) is 4.74 Å². The predicted molar refractivity (Wildman–Crippen MR) is 136 cm³/mol. The van der Waals surface area contributed by atoms with Gasteiger partial charge in [0.15, 0.2) is 16.5 Å². The van der Waals surface area contributed by atoms with Crippen molar-refractivity contribution >= 4 is 28.4 Å². The number of benzene rings is 2. The van der Waals surface area contributed by atoms with Crippen LogP contribution in [0.1, 0.15) is 29.0 Å². The Morgan fingerprint density at radius 3 is 2.57 bits per heavy atom. The van der Waals surface area contributed by atoms with Gasteiger partial charge in [-0.15, -0.1) is 24.5 Å². The summed E-state index contributed by atoms with van der Waals surface area (Å²) in [6.45, 7) is 2.47. The lowest BCUT2D eigenvalue weighted by Crippen LogP contribution is -2.18. The van der Waals surface area contributed by atoms with Gasteiger partial charge >= 0.3 is 6.36 Å². The van der Waals surface area contributed by atoms with Crippen molar-refractivity contribution in [2.75, 3.05) is 13.7 Å². The molecular formula is C27H23F3N2O4S. The largest absolute Gasteiger partial charge is 0.573 e. The Morgan fingerprint density at radius 1 is 1.14 bits per heavy atom. The van der Waals surface area contributed by atoms with Crippen LogP contribution in [0.4, 0.5) is 13.2 Å². The fraction of sp³-hybridized carbons (Fsp3) is 0.259. The van der Waals surface area contributed by atoms with E-state index in [4.69, 9.17) is 14.5 Å². The number of rotatable bonds is 8. The Balaban J connectivity index is 1.58. The number of alkyl halides is 3. The molecule has 2 aromatic carbocycles. The maximum Gasteiger partial charge on any atom is 0.573 e. The molecule has 0 atom stereocenters. The Morgan fingerprint density at radius 2 is 1.89 bits per heavy atom.